The third kappa shape index (κ3) is 2.58. The average Bonchev–Trinajstić information content (AvgIpc) is 2.66. The molecule has 2 rings (SSSR count). The standard InChI is InChI=1S/C11H20N4/c1-10(11-6-7-12-14(11)2)13-15-8-4-3-5-9-15/h6-7,10,13H,3-5,8-9H2,1-2H3. The molecule has 0 amide bonds. The van der Waals surface area contributed by atoms with Crippen molar-refractivity contribution >= 4 is 0 Å². The van der Waals surface area contributed by atoms with E-state index < -0.39 is 0 Å². The van der Waals surface area contributed by atoms with Gasteiger partial charge in [-0.25, -0.2) is 10.4 Å². The van der Waals surface area contributed by atoms with Crippen LogP contribution in [0.2, 0.25) is 0 Å². The third-order valence-corrected chi connectivity index (χ3v) is 3.03. The molecule has 1 N–H and O–H groups in total. The molecular weight excluding hydrogens is 188 g/mol. The van der Waals surface area contributed by atoms with E-state index >= 15 is 0 Å². The maximum Gasteiger partial charge on any atom is 0.0605 e. The van der Waals surface area contributed by atoms with E-state index in [4.69, 9.17) is 0 Å². The van der Waals surface area contributed by atoms with Crippen LogP contribution in [-0.4, -0.2) is 27.9 Å². The van der Waals surface area contributed by atoms with Crippen molar-refractivity contribution in [1.29, 1.82) is 0 Å². The lowest BCUT2D eigenvalue weighted by molar-refractivity contribution is 0.131. The van der Waals surface area contributed by atoms with Crippen LogP contribution in [0.25, 0.3) is 0 Å². The predicted molar refractivity (Wildman–Crippen MR) is 60.2 cm³/mol. The van der Waals surface area contributed by atoms with Crippen molar-refractivity contribution in [2.45, 2.75) is 32.2 Å². The number of hydrogen-bond acceptors (Lipinski definition) is 3. The molecule has 2 heterocycles. The zero-order chi connectivity index (χ0) is 10.7. The molecule has 0 aliphatic carbocycles. The van der Waals surface area contributed by atoms with Crippen LogP contribution in [0.3, 0.4) is 0 Å². The minimum Gasteiger partial charge on any atom is -0.271 e. The second kappa shape index (κ2) is 4.77. The smallest absolute Gasteiger partial charge is 0.0605 e. The summed E-state index contributed by atoms with van der Waals surface area (Å²) >= 11 is 0. The second-order valence-corrected chi connectivity index (χ2v) is 4.28. The Bertz CT molecular complexity index is 301. The molecule has 84 valence electrons. The molecule has 1 atom stereocenters. The highest BCUT2D eigenvalue weighted by Crippen LogP contribution is 2.13. The topological polar surface area (TPSA) is 33.1 Å². The maximum atomic E-state index is 4.19. The Morgan fingerprint density at radius 2 is 2.07 bits per heavy atom. The van der Waals surface area contributed by atoms with Crippen LogP contribution in [0.4, 0.5) is 0 Å². The fourth-order valence-electron chi connectivity index (χ4n) is 2.17. The lowest BCUT2D eigenvalue weighted by atomic mass is 10.1. The first-order valence-electron chi connectivity index (χ1n) is 5.76. The largest absolute Gasteiger partial charge is 0.271 e. The van der Waals surface area contributed by atoms with Crippen LogP contribution in [0.5, 0.6) is 0 Å². The number of hydrazine groups is 1. The lowest BCUT2D eigenvalue weighted by Gasteiger charge is -2.30. The van der Waals surface area contributed by atoms with Gasteiger partial charge in [-0.15, -0.1) is 0 Å². The molecule has 1 aromatic heterocycles. The Morgan fingerprint density at radius 1 is 1.33 bits per heavy atom. The van der Waals surface area contributed by atoms with Crippen molar-refractivity contribution in [3.8, 4) is 0 Å². The number of rotatable bonds is 3. The minimum atomic E-state index is 0.343. The van der Waals surface area contributed by atoms with E-state index in [-0.39, 0.29) is 0 Å². The Kier molecular flexibility index (Phi) is 3.38. The molecule has 1 fully saturated rings. The van der Waals surface area contributed by atoms with E-state index in [0.717, 1.165) is 0 Å². The molecular formula is C11H20N4. The van der Waals surface area contributed by atoms with Crippen LogP contribution < -0.4 is 5.43 Å². The van der Waals surface area contributed by atoms with E-state index in [2.05, 4.69) is 28.5 Å². The van der Waals surface area contributed by atoms with Gasteiger partial charge < -0.3 is 0 Å². The first-order chi connectivity index (χ1) is 7.27. The molecule has 0 radical (unpaired) electrons. The Labute approximate surface area is 91.2 Å². The number of aryl methyl sites for hydroxylation is 1. The van der Waals surface area contributed by atoms with E-state index in [1.165, 1.54) is 38.0 Å². The fourth-order valence-corrected chi connectivity index (χ4v) is 2.17. The molecule has 0 saturated carbocycles. The lowest BCUT2D eigenvalue weighted by Crippen LogP contribution is -2.43. The van der Waals surface area contributed by atoms with Gasteiger partial charge in [0.1, 0.15) is 0 Å². The summed E-state index contributed by atoms with van der Waals surface area (Å²) in [7, 11) is 1.99. The van der Waals surface area contributed by atoms with Gasteiger partial charge in [-0.1, -0.05) is 6.42 Å². The predicted octanol–water partition coefficient (Wildman–Crippen LogP) is 1.47. The maximum absolute atomic E-state index is 4.19. The van der Waals surface area contributed by atoms with E-state index in [0.29, 0.717) is 6.04 Å². The van der Waals surface area contributed by atoms with Crippen LogP contribution in [0.15, 0.2) is 12.3 Å². The second-order valence-electron chi connectivity index (χ2n) is 4.28. The van der Waals surface area contributed by atoms with Gasteiger partial charge >= 0.3 is 0 Å². The molecule has 15 heavy (non-hydrogen) atoms. The molecule has 1 aliphatic rings. The van der Waals surface area contributed by atoms with E-state index in [9.17, 15) is 0 Å². The van der Waals surface area contributed by atoms with Crippen LogP contribution in [-0.2, 0) is 7.05 Å². The molecule has 4 nitrogen and oxygen atoms in total. The molecule has 4 heteroatoms. The SMILES string of the molecule is CC(NN1CCCCC1)c1ccnn1C. The summed E-state index contributed by atoms with van der Waals surface area (Å²) in [4.78, 5) is 0. The molecule has 0 spiro atoms. The summed E-state index contributed by atoms with van der Waals surface area (Å²) in [5.74, 6) is 0. The normalized spacial score (nSPS) is 20.4. The number of nitrogens with zero attached hydrogens (tertiary/aromatic N) is 3. The van der Waals surface area contributed by atoms with Gasteiger partial charge in [0.2, 0.25) is 0 Å². The highest BCUT2D eigenvalue weighted by Gasteiger charge is 2.15. The van der Waals surface area contributed by atoms with Gasteiger partial charge in [0.25, 0.3) is 0 Å². The highest BCUT2D eigenvalue weighted by atomic mass is 15.5. The molecule has 0 aromatic carbocycles. The van der Waals surface area contributed by atoms with Crippen molar-refractivity contribution in [3.05, 3.63) is 18.0 Å². The van der Waals surface area contributed by atoms with Gasteiger partial charge in [-0.2, -0.15) is 5.10 Å². The summed E-state index contributed by atoms with van der Waals surface area (Å²) in [6.07, 6.45) is 5.85. The van der Waals surface area contributed by atoms with Crippen molar-refractivity contribution in [3.63, 3.8) is 0 Å². The summed E-state index contributed by atoms with van der Waals surface area (Å²) in [5.41, 5.74) is 4.77. The Morgan fingerprint density at radius 3 is 2.67 bits per heavy atom. The van der Waals surface area contributed by atoms with Gasteiger partial charge in [0.05, 0.1) is 11.7 Å². The van der Waals surface area contributed by atoms with Crippen LogP contribution in [0.1, 0.15) is 37.9 Å². The number of aromatic nitrogens is 2. The summed E-state index contributed by atoms with van der Waals surface area (Å²) < 4.78 is 1.93. The van der Waals surface area contributed by atoms with Crippen molar-refractivity contribution in [2.75, 3.05) is 13.1 Å². The minimum absolute atomic E-state index is 0.343. The summed E-state index contributed by atoms with van der Waals surface area (Å²) in [5, 5.41) is 6.52. The van der Waals surface area contributed by atoms with Crippen molar-refractivity contribution in [2.24, 2.45) is 7.05 Å². The highest BCUT2D eigenvalue weighted by molar-refractivity contribution is 5.04. The quantitative estimate of drug-likeness (QED) is 0.816. The average molecular weight is 208 g/mol. The molecule has 1 aromatic rings. The first-order valence-corrected chi connectivity index (χ1v) is 5.76. The summed E-state index contributed by atoms with van der Waals surface area (Å²) in [6, 6.07) is 2.41. The van der Waals surface area contributed by atoms with Gasteiger partial charge in [0.15, 0.2) is 0 Å². The zero-order valence-electron chi connectivity index (χ0n) is 9.61. The first kappa shape index (κ1) is 10.6. The molecule has 0 bridgehead atoms. The zero-order valence-corrected chi connectivity index (χ0v) is 9.61. The molecule has 1 unspecified atom stereocenters. The number of nitrogens with one attached hydrogen (secondary N) is 1. The molecule has 1 aliphatic heterocycles. The van der Waals surface area contributed by atoms with Crippen molar-refractivity contribution < 1.29 is 0 Å². The molecule has 1 saturated heterocycles. The number of hydrogen-bond donors (Lipinski definition) is 1. The van der Waals surface area contributed by atoms with E-state index in [1.54, 1.807) is 0 Å². The third-order valence-electron chi connectivity index (χ3n) is 3.03. The van der Waals surface area contributed by atoms with Crippen molar-refractivity contribution in [1.82, 2.24) is 20.2 Å². The number of piperidine rings is 1. The van der Waals surface area contributed by atoms with E-state index in [1.807, 2.05) is 17.9 Å². The fraction of sp³-hybridized carbons (Fsp3) is 0.727. The van der Waals surface area contributed by atoms with Gasteiger partial charge in [0, 0.05) is 26.3 Å². The monoisotopic (exact) mass is 208 g/mol. The summed E-state index contributed by atoms with van der Waals surface area (Å²) in [6.45, 7) is 4.52. The van der Waals surface area contributed by atoms with Crippen LogP contribution in [0, 0.1) is 0 Å². The van der Waals surface area contributed by atoms with Gasteiger partial charge in [-0.05, 0) is 25.8 Å². The Balaban J connectivity index is 1.91. The van der Waals surface area contributed by atoms with Gasteiger partial charge in [-0.3, -0.25) is 4.68 Å². The Hall–Kier alpha value is -0.870. The van der Waals surface area contributed by atoms with Crippen LogP contribution >= 0.6 is 0 Å².